The molecule has 1 N–H and O–H groups in total. The highest BCUT2D eigenvalue weighted by molar-refractivity contribution is 5.92. The maximum atomic E-state index is 12.4. The van der Waals surface area contributed by atoms with Crippen molar-refractivity contribution in [3.05, 3.63) is 92.0 Å². The van der Waals surface area contributed by atoms with E-state index >= 15 is 0 Å². The van der Waals surface area contributed by atoms with Crippen molar-refractivity contribution in [1.29, 1.82) is 0 Å². The Morgan fingerprint density at radius 3 is 1.77 bits per heavy atom. The van der Waals surface area contributed by atoms with E-state index in [1.165, 1.54) is 36.4 Å². The lowest BCUT2D eigenvalue weighted by atomic mass is 10.2. The smallest absolute Gasteiger partial charge is 0.269 e. The molecule has 1 fully saturated rings. The minimum atomic E-state index is -0.478. The van der Waals surface area contributed by atoms with E-state index in [0.717, 1.165) is 0 Å². The molecule has 2 aromatic carbocycles. The number of nitrogens with one attached hydrogen (secondary N) is 1. The average Bonchev–Trinajstić information content (AvgIpc) is 2.87. The second-order valence-corrected chi connectivity index (χ2v) is 7.82. The molecular formula is C24H25N5O6. The number of hydrogen-bond donors (Lipinski definition) is 1. The van der Waals surface area contributed by atoms with E-state index in [2.05, 4.69) is 10.2 Å². The summed E-state index contributed by atoms with van der Waals surface area (Å²) in [6.45, 7) is 3.61. The third-order valence-electron chi connectivity index (χ3n) is 5.46. The minimum Gasteiger partial charge on any atom is -0.351 e. The summed E-state index contributed by atoms with van der Waals surface area (Å²) >= 11 is 0. The van der Waals surface area contributed by atoms with Crippen molar-refractivity contribution in [3.8, 4) is 0 Å². The van der Waals surface area contributed by atoms with Crippen LogP contribution in [0.3, 0.4) is 0 Å². The molecule has 0 bridgehead atoms. The van der Waals surface area contributed by atoms with Crippen molar-refractivity contribution >= 4 is 35.3 Å². The molecule has 1 aliphatic rings. The Morgan fingerprint density at radius 1 is 0.800 bits per heavy atom. The monoisotopic (exact) mass is 479 g/mol. The molecule has 11 nitrogen and oxygen atoms in total. The van der Waals surface area contributed by atoms with Crippen LogP contribution in [0.4, 0.5) is 11.4 Å². The van der Waals surface area contributed by atoms with Crippen LogP contribution in [0.1, 0.15) is 11.1 Å². The highest BCUT2D eigenvalue weighted by atomic mass is 16.6. The summed E-state index contributed by atoms with van der Waals surface area (Å²) in [5, 5.41) is 24.2. The van der Waals surface area contributed by atoms with E-state index in [0.29, 0.717) is 50.4 Å². The Morgan fingerprint density at radius 2 is 1.29 bits per heavy atom. The Hall–Kier alpha value is -4.38. The van der Waals surface area contributed by atoms with Gasteiger partial charge < -0.3 is 10.2 Å². The number of non-ortho nitro benzene ring substituents is 2. The number of hydrogen-bond acceptors (Lipinski definition) is 7. The van der Waals surface area contributed by atoms with Crippen molar-refractivity contribution in [2.24, 2.45) is 0 Å². The van der Waals surface area contributed by atoms with Gasteiger partial charge in [-0.25, -0.2) is 0 Å². The zero-order valence-electron chi connectivity index (χ0n) is 18.9. The van der Waals surface area contributed by atoms with Gasteiger partial charge in [0.05, 0.1) is 9.85 Å². The van der Waals surface area contributed by atoms with Crippen LogP contribution in [0.15, 0.2) is 60.7 Å². The van der Waals surface area contributed by atoms with E-state index in [4.69, 9.17) is 0 Å². The lowest BCUT2D eigenvalue weighted by molar-refractivity contribution is -0.385. The summed E-state index contributed by atoms with van der Waals surface area (Å²) < 4.78 is 0. The molecule has 0 spiro atoms. The van der Waals surface area contributed by atoms with Gasteiger partial charge in [-0.3, -0.25) is 34.7 Å². The van der Waals surface area contributed by atoms with Gasteiger partial charge in [-0.05, 0) is 47.5 Å². The number of nitro benzene ring substituents is 2. The van der Waals surface area contributed by atoms with Crippen molar-refractivity contribution in [2.75, 3.05) is 39.3 Å². The van der Waals surface area contributed by atoms with Gasteiger partial charge in [0.1, 0.15) is 0 Å². The van der Waals surface area contributed by atoms with Crippen molar-refractivity contribution in [1.82, 2.24) is 15.1 Å². The Labute approximate surface area is 201 Å². The van der Waals surface area contributed by atoms with Gasteiger partial charge in [0.2, 0.25) is 11.8 Å². The molecule has 0 aliphatic carbocycles. The molecule has 11 heteroatoms. The molecule has 3 rings (SSSR count). The summed E-state index contributed by atoms with van der Waals surface area (Å²) in [4.78, 5) is 48.7. The average molecular weight is 479 g/mol. The van der Waals surface area contributed by atoms with Crippen molar-refractivity contribution in [2.45, 2.75) is 0 Å². The fourth-order valence-corrected chi connectivity index (χ4v) is 3.45. The topological polar surface area (TPSA) is 139 Å². The van der Waals surface area contributed by atoms with Crippen molar-refractivity contribution in [3.63, 3.8) is 0 Å². The fourth-order valence-electron chi connectivity index (χ4n) is 3.45. The second kappa shape index (κ2) is 12.2. The van der Waals surface area contributed by atoms with Crippen LogP contribution in [-0.2, 0) is 9.59 Å². The Bertz CT molecular complexity index is 1120. The van der Waals surface area contributed by atoms with Crippen LogP contribution < -0.4 is 5.32 Å². The van der Waals surface area contributed by atoms with Crippen molar-refractivity contribution < 1.29 is 19.4 Å². The zero-order chi connectivity index (χ0) is 25.2. The predicted molar refractivity (Wildman–Crippen MR) is 130 cm³/mol. The first-order valence-electron chi connectivity index (χ1n) is 11.0. The Balaban J connectivity index is 1.35. The molecule has 0 saturated carbocycles. The van der Waals surface area contributed by atoms with E-state index in [1.54, 1.807) is 41.3 Å². The fraction of sp³-hybridized carbons (Fsp3) is 0.250. The summed E-state index contributed by atoms with van der Waals surface area (Å²) in [6.07, 6.45) is 6.08. The SMILES string of the molecule is O=C(/C=C/c1ccc([N+](=O)[O-])cc1)NCCN1CCN(C(=O)/C=C\c2ccc([N+](=O)[O-])cc2)CC1. The number of carbonyl (C=O) groups excluding carboxylic acids is 2. The first-order valence-corrected chi connectivity index (χ1v) is 11.0. The molecule has 2 aromatic rings. The van der Waals surface area contributed by atoms with Gasteiger partial charge in [-0.15, -0.1) is 0 Å². The molecule has 0 radical (unpaired) electrons. The molecule has 35 heavy (non-hydrogen) atoms. The van der Waals surface area contributed by atoms with Gasteiger partial charge in [0.15, 0.2) is 0 Å². The van der Waals surface area contributed by atoms with E-state index in [-0.39, 0.29) is 23.2 Å². The number of piperazine rings is 1. The lowest BCUT2D eigenvalue weighted by Crippen LogP contribution is -2.49. The molecular weight excluding hydrogens is 454 g/mol. The molecule has 0 atom stereocenters. The number of amides is 2. The van der Waals surface area contributed by atoms with Gasteiger partial charge in [-0.1, -0.05) is 0 Å². The lowest BCUT2D eigenvalue weighted by Gasteiger charge is -2.34. The van der Waals surface area contributed by atoms with Crippen LogP contribution in [0.25, 0.3) is 12.2 Å². The molecule has 2 amide bonds. The molecule has 0 aromatic heterocycles. The van der Waals surface area contributed by atoms with Crippen LogP contribution >= 0.6 is 0 Å². The van der Waals surface area contributed by atoms with E-state index in [9.17, 15) is 29.8 Å². The minimum absolute atomic E-state index is 0.00120. The highest BCUT2D eigenvalue weighted by Crippen LogP contribution is 2.14. The van der Waals surface area contributed by atoms with Crippen LogP contribution in [0.2, 0.25) is 0 Å². The number of nitrogens with zero attached hydrogens (tertiary/aromatic N) is 4. The quantitative estimate of drug-likeness (QED) is 0.331. The van der Waals surface area contributed by atoms with Crippen LogP contribution in [0.5, 0.6) is 0 Å². The highest BCUT2D eigenvalue weighted by Gasteiger charge is 2.19. The number of nitro groups is 2. The zero-order valence-corrected chi connectivity index (χ0v) is 18.9. The van der Waals surface area contributed by atoms with E-state index < -0.39 is 9.85 Å². The summed E-state index contributed by atoms with van der Waals surface area (Å²) in [7, 11) is 0. The molecule has 182 valence electrons. The van der Waals surface area contributed by atoms with Gasteiger partial charge in [0, 0.05) is 75.7 Å². The summed E-state index contributed by atoms with van der Waals surface area (Å²) in [5.74, 6) is -0.374. The summed E-state index contributed by atoms with van der Waals surface area (Å²) in [6, 6.07) is 11.9. The Kier molecular flexibility index (Phi) is 8.79. The standard InChI is InChI=1S/C24H25N5O6/c30-23(11-5-19-1-7-21(8-2-19)28(32)33)25-13-14-26-15-17-27(18-16-26)24(31)12-6-20-3-9-22(10-4-20)29(34)35/h1-12H,13-18H2,(H,25,30)/b11-5+,12-6-. The third kappa shape index (κ3) is 7.86. The second-order valence-electron chi connectivity index (χ2n) is 7.82. The van der Waals surface area contributed by atoms with Gasteiger partial charge in [0.25, 0.3) is 11.4 Å². The largest absolute Gasteiger partial charge is 0.351 e. The molecule has 1 heterocycles. The maximum Gasteiger partial charge on any atom is 0.269 e. The summed E-state index contributed by atoms with van der Waals surface area (Å²) in [5.41, 5.74) is 1.39. The van der Waals surface area contributed by atoms with Crippen LogP contribution in [-0.4, -0.2) is 70.7 Å². The maximum absolute atomic E-state index is 12.4. The number of carbonyl (C=O) groups is 2. The van der Waals surface area contributed by atoms with Gasteiger partial charge >= 0.3 is 0 Å². The molecule has 0 unspecified atom stereocenters. The number of rotatable bonds is 9. The first kappa shape index (κ1) is 25.2. The van der Waals surface area contributed by atoms with Crippen LogP contribution in [0, 0.1) is 20.2 Å². The number of benzene rings is 2. The normalized spacial score (nSPS) is 14.3. The van der Waals surface area contributed by atoms with Gasteiger partial charge in [-0.2, -0.15) is 0 Å². The molecule has 1 saturated heterocycles. The first-order chi connectivity index (χ1) is 16.8. The van der Waals surface area contributed by atoms with E-state index in [1.807, 2.05) is 0 Å². The molecule has 1 aliphatic heterocycles. The third-order valence-corrected chi connectivity index (χ3v) is 5.46. The predicted octanol–water partition coefficient (Wildman–Crippen LogP) is 2.49.